The second-order valence-electron chi connectivity index (χ2n) is 16.4. The molecule has 2 heterocycles. The highest BCUT2D eigenvalue weighted by molar-refractivity contribution is 5.49. The molecular weight excluding hydrogens is 612 g/mol. The summed E-state index contributed by atoms with van der Waals surface area (Å²) in [5.74, 6) is 5.29. The van der Waals surface area contributed by atoms with Gasteiger partial charge in [0.2, 0.25) is 11.8 Å². The summed E-state index contributed by atoms with van der Waals surface area (Å²) in [6.45, 7) is 1.86. The van der Waals surface area contributed by atoms with Crippen LogP contribution in [0.1, 0.15) is 129 Å². The lowest BCUT2D eigenvalue weighted by atomic mass is 9.80. The average molecular weight is 661 g/mol. The van der Waals surface area contributed by atoms with Gasteiger partial charge in [0.1, 0.15) is 0 Å². The quantitative estimate of drug-likeness (QED) is 0.132. The predicted octanol–water partition coefficient (Wildman–Crippen LogP) is 5.76. The Balaban J connectivity index is 0.684. The Morgan fingerprint density at radius 2 is 1.29 bits per heavy atom. The molecule has 6 saturated carbocycles. The Bertz CT molecular complexity index is 1790. The summed E-state index contributed by atoms with van der Waals surface area (Å²) >= 11 is 0. The lowest BCUT2D eigenvalue weighted by Gasteiger charge is -2.34. The topological polar surface area (TPSA) is 140 Å². The molecule has 0 radical (unpaired) electrons. The zero-order chi connectivity index (χ0) is 32.6. The second kappa shape index (κ2) is 11.7. The Hall–Kier alpha value is -3.60. The summed E-state index contributed by atoms with van der Waals surface area (Å²) in [6.07, 6.45) is 12.0. The van der Waals surface area contributed by atoms with Crippen molar-refractivity contribution in [2.24, 2.45) is 5.73 Å². The van der Waals surface area contributed by atoms with Gasteiger partial charge >= 0.3 is 0 Å². The van der Waals surface area contributed by atoms with E-state index in [-0.39, 0.29) is 16.9 Å². The summed E-state index contributed by atoms with van der Waals surface area (Å²) < 4.78 is 11.6. The number of nitrogens with two attached hydrogens (primary N) is 1. The molecule has 49 heavy (non-hydrogen) atoms. The Morgan fingerprint density at radius 1 is 0.673 bits per heavy atom. The van der Waals surface area contributed by atoms with E-state index in [1.54, 1.807) is 0 Å². The van der Waals surface area contributed by atoms with Crippen LogP contribution in [0.5, 0.6) is 0 Å². The molecule has 10 heteroatoms. The fourth-order valence-electron chi connectivity index (χ4n) is 8.70. The Labute approximate surface area is 287 Å². The van der Waals surface area contributed by atoms with Crippen LogP contribution in [0.4, 0.5) is 5.69 Å². The van der Waals surface area contributed by atoms with E-state index in [0.717, 1.165) is 94.3 Å². The minimum atomic E-state index is 0.0395. The first-order valence-electron chi connectivity index (χ1n) is 18.8. The van der Waals surface area contributed by atoms with Gasteiger partial charge in [0.05, 0.1) is 0 Å². The molecule has 6 aliphatic carbocycles. The molecule has 0 bridgehead atoms. The molecule has 0 aliphatic heterocycles. The van der Waals surface area contributed by atoms with Crippen LogP contribution in [0.25, 0.3) is 0 Å². The predicted molar refractivity (Wildman–Crippen MR) is 186 cm³/mol. The third-order valence-electron chi connectivity index (χ3n) is 12.7. The van der Waals surface area contributed by atoms with Gasteiger partial charge in [-0.1, -0.05) is 52.8 Å². The van der Waals surface area contributed by atoms with Gasteiger partial charge in [-0.05, 0) is 93.9 Å². The van der Waals surface area contributed by atoms with Crippen molar-refractivity contribution >= 4 is 5.69 Å². The molecule has 0 unspecified atom stereocenters. The van der Waals surface area contributed by atoms with E-state index < -0.39 is 0 Å². The number of anilines is 1. The second-order valence-corrected chi connectivity index (χ2v) is 16.4. The molecule has 0 spiro atoms. The van der Waals surface area contributed by atoms with Gasteiger partial charge in [-0.25, -0.2) is 0 Å². The zero-order valence-electron chi connectivity index (χ0n) is 28.2. The van der Waals surface area contributed by atoms with Crippen molar-refractivity contribution in [3.8, 4) is 0 Å². The number of aromatic nitrogens is 4. The molecule has 10 nitrogen and oxygen atoms in total. The van der Waals surface area contributed by atoms with Crippen molar-refractivity contribution in [3.63, 3.8) is 0 Å². The van der Waals surface area contributed by atoms with Crippen LogP contribution < -0.4 is 21.7 Å². The van der Waals surface area contributed by atoms with Crippen molar-refractivity contribution < 1.29 is 9.05 Å². The molecule has 256 valence electrons. The van der Waals surface area contributed by atoms with E-state index in [2.05, 4.69) is 80.9 Å². The van der Waals surface area contributed by atoms with Gasteiger partial charge in [-0.3, -0.25) is 0 Å². The van der Waals surface area contributed by atoms with Crippen LogP contribution in [0.3, 0.4) is 0 Å². The van der Waals surface area contributed by atoms with E-state index in [9.17, 15) is 0 Å². The molecule has 2 aromatic carbocycles. The zero-order valence-corrected chi connectivity index (χ0v) is 28.2. The largest absolute Gasteiger partial charge is 0.382 e. The maximum Gasteiger partial charge on any atom is 0.229 e. The molecule has 10 rings (SSSR count). The SMILES string of the molecule is N[C@H]1CC[C@@H](c2nc(C3(CN[C@@H]4C[C@H]4c4cccc(N[C@H]5C[C@H](c6nc(C7(CN[C@@H]8C[C@H]8c8ccccc8)CC7)no6)C5)c4)CC3)no2)C1. The standard InChI is InChI=1S/C39H48N8O2/c40-27-10-9-25(15-27)34-44-36(46-48-34)38(11-12-38)22-42-33-20-31(33)24-7-4-8-28(16-24)43-29-17-26(18-29)35-45-37(47-49-35)39(13-14-39)21-41-32-19-30(32)23-5-2-1-3-6-23/h1-8,16,25-27,29-33,41-43H,9-15,17-22,40H2/t25-,26-,27+,29-,30+,31+,32-,33-/m1/s1. The maximum atomic E-state index is 6.12. The minimum Gasteiger partial charge on any atom is -0.382 e. The van der Waals surface area contributed by atoms with Crippen LogP contribution in [0, 0.1) is 0 Å². The molecule has 6 aliphatic rings. The summed E-state index contributed by atoms with van der Waals surface area (Å²) in [7, 11) is 0. The number of nitrogens with zero attached hydrogens (tertiary/aromatic N) is 4. The smallest absolute Gasteiger partial charge is 0.229 e. The molecular formula is C39H48N8O2. The van der Waals surface area contributed by atoms with Crippen molar-refractivity contribution in [1.29, 1.82) is 0 Å². The normalized spacial score (nSPS) is 33.2. The van der Waals surface area contributed by atoms with Gasteiger partial charge in [-0.15, -0.1) is 0 Å². The summed E-state index contributed by atoms with van der Waals surface area (Å²) in [4.78, 5) is 9.80. The van der Waals surface area contributed by atoms with Gasteiger partial charge in [0.15, 0.2) is 11.6 Å². The molecule has 0 saturated heterocycles. The lowest BCUT2D eigenvalue weighted by molar-refractivity contribution is 0.273. The van der Waals surface area contributed by atoms with Crippen LogP contribution in [-0.2, 0) is 10.8 Å². The minimum absolute atomic E-state index is 0.0395. The lowest BCUT2D eigenvalue weighted by Crippen LogP contribution is -2.34. The summed E-state index contributed by atoms with van der Waals surface area (Å²) in [5, 5.41) is 20.4. The first-order valence-corrected chi connectivity index (χ1v) is 18.8. The Kier molecular flexibility index (Phi) is 7.25. The van der Waals surface area contributed by atoms with E-state index in [1.807, 2.05) is 0 Å². The van der Waals surface area contributed by atoms with Crippen molar-refractivity contribution in [1.82, 2.24) is 30.9 Å². The van der Waals surface area contributed by atoms with Gasteiger partial charge in [0, 0.05) is 77.4 Å². The van der Waals surface area contributed by atoms with E-state index in [1.165, 1.54) is 29.7 Å². The number of hydrogen-bond acceptors (Lipinski definition) is 10. The molecule has 5 N–H and O–H groups in total. The fourth-order valence-corrected chi connectivity index (χ4v) is 8.70. The molecule has 0 amide bonds. The number of rotatable bonds is 14. The molecule has 4 aromatic rings. The van der Waals surface area contributed by atoms with Crippen LogP contribution in [0.2, 0.25) is 0 Å². The van der Waals surface area contributed by atoms with Crippen LogP contribution >= 0.6 is 0 Å². The first kappa shape index (κ1) is 30.2. The van der Waals surface area contributed by atoms with Crippen LogP contribution in [-0.4, -0.2) is 57.5 Å². The third kappa shape index (κ3) is 5.99. The van der Waals surface area contributed by atoms with Crippen molar-refractivity contribution in [2.75, 3.05) is 18.4 Å². The Morgan fingerprint density at radius 3 is 1.90 bits per heavy atom. The summed E-state index contributed by atoms with van der Waals surface area (Å²) in [5.41, 5.74) is 10.3. The highest BCUT2D eigenvalue weighted by Crippen LogP contribution is 2.50. The number of hydrogen-bond donors (Lipinski definition) is 4. The highest BCUT2D eigenvalue weighted by Gasteiger charge is 2.52. The highest BCUT2D eigenvalue weighted by atomic mass is 16.5. The van der Waals surface area contributed by atoms with Crippen molar-refractivity contribution in [3.05, 3.63) is 89.2 Å². The monoisotopic (exact) mass is 660 g/mol. The maximum absolute atomic E-state index is 6.12. The molecule has 2 aromatic heterocycles. The van der Waals surface area contributed by atoms with Crippen LogP contribution in [0.15, 0.2) is 63.6 Å². The van der Waals surface area contributed by atoms with E-state index in [4.69, 9.17) is 24.7 Å². The summed E-state index contributed by atoms with van der Waals surface area (Å²) in [6, 6.07) is 21.6. The fraction of sp³-hybridized carbons (Fsp3) is 0.590. The molecule has 6 fully saturated rings. The molecule has 6 atom stereocenters. The average Bonchev–Trinajstić information content (AvgIpc) is 4.05. The van der Waals surface area contributed by atoms with Gasteiger partial charge in [0.25, 0.3) is 0 Å². The third-order valence-corrected chi connectivity index (χ3v) is 12.7. The van der Waals surface area contributed by atoms with E-state index >= 15 is 0 Å². The first-order chi connectivity index (χ1) is 24.0. The van der Waals surface area contributed by atoms with Gasteiger partial charge < -0.3 is 30.7 Å². The van der Waals surface area contributed by atoms with Gasteiger partial charge in [-0.2, -0.15) is 9.97 Å². The number of benzene rings is 2. The van der Waals surface area contributed by atoms with E-state index in [0.29, 0.717) is 41.8 Å². The number of nitrogens with one attached hydrogen (secondary N) is 3. The van der Waals surface area contributed by atoms with Crippen molar-refractivity contribution in [2.45, 2.75) is 129 Å².